The monoisotopic (exact) mass is 242 g/mol. The molecule has 0 radical (unpaired) electrons. The fourth-order valence-electron chi connectivity index (χ4n) is 2.10. The summed E-state index contributed by atoms with van der Waals surface area (Å²) in [6, 6.07) is 9.65. The maximum atomic E-state index is 11.5. The number of para-hydroxylation sites is 1. The van der Waals surface area contributed by atoms with E-state index in [-0.39, 0.29) is 5.91 Å². The number of benzene rings is 1. The molecule has 0 atom stereocenters. The fraction of sp³-hybridized carbons (Fsp3) is 0.333. The second-order valence-corrected chi connectivity index (χ2v) is 4.50. The number of hydrogen-bond donors (Lipinski definition) is 1. The molecule has 3 nitrogen and oxygen atoms in total. The number of hydrogen-bond acceptors (Lipinski definition) is 2. The van der Waals surface area contributed by atoms with Gasteiger partial charge in [-0.1, -0.05) is 38.0 Å². The Morgan fingerprint density at radius 3 is 2.78 bits per heavy atom. The van der Waals surface area contributed by atoms with Gasteiger partial charge in [-0.3, -0.25) is 9.78 Å². The lowest BCUT2D eigenvalue weighted by molar-refractivity contribution is 0.0999. The first-order valence-electron chi connectivity index (χ1n) is 6.41. The van der Waals surface area contributed by atoms with Gasteiger partial charge in [0.1, 0.15) is 0 Å². The Bertz CT molecular complexity index is 563. The first-order valence-corrected chi connectivity index (χ1v) is 6.41. The van der Waals surface area contributed by atoms with Gasteiger partial charge in [0.25, 0.3) is 5.91 Å². The summed E-state index contributed by atoms with van der Waals surface area (Å²) >= 11 is 0. The molecule has 94 valence electrons. The largest absolute Gasteiger partial charge is 0.366 e. The minimum Gasteiger partial charge on any atom is -0.366 e. The van der Waals surface area contributed by atoms with Crippen LogP contribution in [0.3, 0.4) is 0 Å². The van der Waals surface area contributed by atoms with Crippen LogP contribution in [-0.4, -0.2) is 10.9 Å². The van der Waals surface area contributed by atoms with E-state index in [1.54, 1.807) is 0 Å². The maximum absolute atomic E-state index is 11.5. The number of nitrogens with zero attached hydrogens (tertiary/aromatic N) is 1. The van der Waals surface area contributed by atoms with E-state index in [9.17, 15) is 4.79 Å². The van der Waals surface area contributed by atoms with E-state index in [1.165, 1.54) is 0 Å². The second kappa shape index (κ2) is 5.63. The van der Waals surface area contributed by atoms with E-state index in [2.05, 4.69) is 11.9 Å². The van der Waals surface area contributed by atoms with Crippen molar-refractivity contribution in [1.29, 1.82) is 0 Å². The van der Waals surface area contributed by atoms with E-state index in [1.807, 2.05) is 30.3 Å². The van der Waals surface area contributed by atoms with Gasteiger partial charge in [0.15, 0.2) is 0 Å². The highest BCUT2D eigenvalue weighted by molar-refractivity contribution is 5.97. The zero-order valence-corrected chi connectivity index (χ0v) is 10.6. The van der Waals surface area contributed by atoms with Gasteiger partial charge >= 0.3 is 0 Å². The van der Waals surface area contributed by atoms with Crippen molar-refractivity contribution in [3.8, 4) is 0 Å². The number of carbonyl (C=O) groups is 1. The Kier molecular flexibility index (Phi) is 3.92. The maximum Gasteiger partial charge on any atom is 0.250 e. The molecule has 0 aliphatic heterocycles. The van der Waals surface area contributed by atoms with Crippen molar-refractivity contribution in [3.63, 3.8) is 0 Å². The number of nitrogens with two attached hydrogens (primary N) is 1. The molecule has 0 bridgehead atoms. The average Bonchev–Trinajstić information content (AvgIpc) is 2.38. The predicted molar refractivity (Wildman–Crippen MR) is 73.5 cm³/mol. The van der Waals surface area contributed by atoms with Crippen molar-refractivity contribution < 1.29 is 4.79 Å². The number of primary amides is 1. The molecular formula is C15H18N2O. The minimum atomic E-state index is -0.389. The van der Waals surface area contributed by atoms with Crippen molar-refractivity contribution in [3.05, 3.63) is 41.6 Å². The lowest BCUT2D eigenvalue weighted by atomic mass is 10.0. The summed E-state index contributed by atoms with van der Waals surface area (Å²) in [6.45, 7) is 2.16. The summed E-state index contributed by atoms with van der Waals surface area (Å²) in [4.78, 5) is 16.0. The molecule has 2 aromatic rings. The Labute approximate surface area is 107 Å². The Morgan fingerprint density at radius 1 is 1.28 bits per heavy atom. The second-order valence-electron chi connectivity index (χ2n) is 4.50. The summed E-state index contributed by atoms with van der Waals surface area (Å²) in [5, 5.41) is 0.963. The van der Waals surface area contributed by atoms with E-state index in [0.717, 1.165) is 42.3 Å². The van der Waals surface area contributed by atoms with Crippen molar-refractivity contribution in [2.24, 2.45) is 5.73 Å². The Balaban J connectivity index is 2.41. The van der Waals surface area contributed by atoms with Gasteiger partial charge in [0.05, 0.1) is 16.8 Å². The molecule has 0 saturated carbocycles. The van der Waals surface area contributed by atoms with Crippen molar-refractivity contribution >= 4 is 16.8 Å². The van der Waals surface area contributed by atoms with Crippen LogP contribution in [0, 0.1) is 0 Å². The van der Waals surface area contributed by atoms with Gasteiger partial charge in [0.2, 0.25) is 0 Å². The smallest absolute Gasteiger partial charge is 0.250 e. The number of carbonyl (C=O) groups excluding carboxylic acids is 1. The molecule has 0 spiro atoms. The van der Waals surface area contributed by atoms with E-state index in [0.29, 0.717) is 5.56 Å². The number of amides is 1. The predicted octanol–water partition coefficient (Wildman–Crippen LogP) is 3.07. The molecule has 18 heavy (non-hydrogen) atoms. The quantitative estimate of drug-likeness (QED) is 0.819. The number of aryl methyl sites for hydroxylation is 1. The van der Waals surface area contributed by atoms with Crippen LogP contribution in [0.5, 0.6) is 0 Å². The van der Waals surface area contributed by atoms with Crippen LogP contribution >= 0.6 is 0 Å². The SMILES string of the molecule is CCCCCc1nc2ccccc2cc1C(N)=O. The topological polar surface area (TPSA) is 56.0 Å². The first kappa shape index (κ1) is 12.6. The molecule has 1 heterocycles. The average molecular weight is 242 g/mol. The van der Waals surface area contributed by atoms with Gasteiger partial charge in [-0.05, 0) is 25.0 Å². The third kappa shape index (κ3) is 2.67. The highest BCUT2D eigenvalue weighted by Crippen LogP contribution is 2.18. The van der Waals surface area contributed by atoms with Crippen molar-refractivity contribution in [1.82, 2.24) is 4.98 Å². The molecule has 3 heteroatoms. The number of fused-ring (bicyclic) bond motifs is 1. The molecule has 0 saturated heterocycles. The van der Waals surface area contributed by atoms with Crippen LogP contribution < -0.4 is 5.73 Å². The highest BCUT2D eigenvalue weighted by atomic mass is 16.1. The number of unbranched alkanes of at least 4 members (excludes halogenated alkanes) is 2. The lowest BCUT2D eigenvalue weighted by Gasteiger charge is -2.08. The van der Waals surface area contributed by atoms with Crippen LogP contribution in [-0.2, 0) is 6.42 Å². The minimum absolute atomic E-state index is 0.389. The number of rotatable bonds is 5. The molecule has 0 aliphatic carbocycles. The van der Waals surface area contributed by atoms with Gasteiger partial charge in [-0.2, -0.15) is 0 Å². The summed E-state index contributed by atoms with van der Waals surface area (Å²) in [7, 11) is 0. The number of aromatic nitrogens is 1. The van der Waals surface area contributed by atoms with Crippen LogP contribution in [0.4, 0.5) is 0 Å². The zero-order valence-electron chi connectivity index (χ0n) is 10.6. The third-order valence-corrected chi connectivity index (χ3v) is 3.09. The standard InChI is InChI=1S/C15H18N2O/c1-2-3-4-9-14-12(15(16)18)10-11-7-5-6-8-13(11)17-14/h5-8,10H,2-4,9H2,1H3,(H2,16,18). The summed E-state index contributed by atoms with van der Waals surface area (Å²) in [5.41, 5.74) is 7.74. The molecule has 0 aliphatic rings. The van der Waals surface area contributed by atoms with Crippen LogP contribution in [0.15, 0.2) is 30.3 Å². The molecular weight excluding hydrogens is 224 g/mol. The van der Waals surface area contributed by atoms with Gasteiger partial charge in [0, 0.05) is 5.39 Å². The molecule has 1 amide bonds. The summed E-state index contributed by atoms with van der Waals surface area (Å²) in [5.74, 6) is -0.389. The van der Waals surface area contributed by atoms with E-state index >= 15 is 0 Å². The lowest BCUT2D eigenvalue weighted by Crippen LogP contribution is -2.15. The molecule has 0 fully saturated rings. The van der Waals surface area contributed by atoms with Gasteiger partial charge in [-0.25, -0.2) is 0 Å². The highest BCUT2D eigenvalue weighted by Gasteiger charge is 2.11. The molecule has 1 aromatic heterocycles. The first-order chi connectivity index (χ1) is 8.72. The van der Waals surface area contributed by atoms with Gasteiger partial charge < -0.3 is 5.73 Å². The Hall–Kier alpha value is -1.90. The molecule has 2 N–H and O–H groups in total. The van der Waals surface area contributed by atoms with Crippen LogP contribution in [0.1, 0.15) is 42.2 Å². The summed E-state index contributed by atoms with van der Waals surface area (Å²) in [6.07, 6.45) is 4.16. The summed E-state index contributed by atoms with van der Waals surface area (Å²) < 4.78 is 0. The van der Waals surface area contributed by atoms with Crippen LogP contribution in [0.2, 0.25) is 0 Å². The molecule has 0 unspecified atom stereocenters. The molecule has 1 aromatic carbocycles. The van der Waals surface area contributed by atoms with E-state index in [4.69, 9.17) is 5.73 Å². The van der Waals surface area contributed by atoms with Crippen LogP contribution in [0.25, 0.3) is 10.9 Å². The number of pyridine rings is 1. The molecule has 2 rings (SSSR count). The van der Waals surface area contributed by atoms with E-state index < -0.39 is 0 Å². The third-order valence-electron chi connectivity index (χ3n) is 3.09. The van der Waals surface area contributed by atoms with Crippen molar-refractivity contribution in [2.45, 2.75) is 32.6 Å². The Morgan fingerprint density at radius 2 is 2.06 bits per heavy atom. The fourth-order valence-corrected chi connectivity index (χ4v) is 2.10. The van der Waals surface area contributed by atoms with Crippen molar-refractivity contribution in [2.75, 3.05) is 0 Å². The zero-order chi connectivity index (χ0) is 13.0. The van der Waals surface area contributed by atoms with Gasteiger partial charge in [-0.15, -0.1) is 0 Å². The normalized spacial score (nSPS) is 10.7.